The van der Waals surface area contributed by atoms with Crippen molar-refractivity contribution in [1.29, 1.82) is 0 Å². The fraction of sp³-hybridized carbons (Fsp3) is 0.400. The van der Waals surface area contributed by atoms with E-state index in [0.717, 1.165) is 42.5 Å². The smallest absolute Gasteiger partial charge is 0.376 e. The SMILES string of the molecule is CNC(=O)CCC1Oc2cc(Nc3nc(N4CCC(Nc5ccc6cnn(C)c6c5)CC4)ncc3Cl)ccc2N(C(O)(O)O)C1=O.O=C1CCCC(=O)N1. The number of nitrogens with one attached hydrogen (secondary N) is 4. The second-order valence-electron chi connectivity index (χ2n) is 13.0. The average Bonchev–Trinajstić information content (AvgIpc) is 3.51. The molecule has 7 rings (SSSR count). The van der Waals surface area contributed by atoms with E-state index >= 15 is 0 Å². The van der Waals surface area contributed by atoms with Gasteiger partial charge in [-0.1, -0.05) is 11.6 Å². The highest BCUT2D eigenvalue weighted by molar-refractivity contribution is 6.33. The molecular weight excluding hydrogens is 724 g/mol. The lowest BCUT2D eigenvalue weighted by Crippen LogP contribution is -2.58. The highest BCUT2D eigenvalue weighted by Crippen LogP contribution is 2.40. The number of benzene rings is 2. The lowest BCUT2D eigenvalue weighted by molar-refractivity contribution is -0.307. The number of carbonyl (C=O) groups excluding carboxylic acids is 4. The quantitative estimate of drug-likeness (QED) is 0.0952. The fourth-order valence-corrected chi connectivity index (χ4v) is 6.47. The number of hydrogen-bond donors (Lipinski definition) is 7. The molecule has 2 fully saturated rings. The molecule has 0 radical (unpaired) electrons. The van der Waals surface area contributed by atoms with Crippen molar-refractivity contribution in [1.82, 2.24) is 30.4 Å². The second kappa shape index (κ2) is 16.2. The molecule has 7 N–H and O–H groups in total. The molecule has 2 aromatic heterocycles. The van der Waals surface area contributed by atoms with E-state index in [9.17, 15) is 34.5 Å². The molecule has 5 heterocycles. The predicted molar refractivity (Wildman–Crippen MR) is 198 cm³/mol. The zero-order chi connectivity index (χ0) is 38.6. The molecule has 4 aromatic rings. The molecule has 54 heavy (non-hydrogen) atoms. The lowest BCUT2D eigenvalue weighted by atomic mass is 10.0. The van der Waals surface area contributed by atoms with Gasteiger partial charge in [-0.15, -0.1) is 0 Å². The van der Waals surface area contributed by atoms with Crippen LogP contribution in [0.2, 0.25) is 5.02 Å². The summed E-state index contributed by atoms with van der Waals surface area (Å²) in [4.78, 5) is 57.0. The third-order valence-electron chi connectivity index (χ3n) is 9.16. The molecule has 4 amide bonds. The third-order valence-corrected chi connectivity index (χ3v) is 9.43. The number of nitrogens with zero attached hydrogens (tertiary/aromatic N) is 6. The van der Waals surface area contributed by atoms with Gasteiger partial charge in [0.25, 0.3) is 5.91 Å². The Hall–Kier alpha value is -5.56. The first-order valence-corrected chi connectivity index (χ1v) is 17.7. The third kappa shape index (κ3) is 8.96. The Labute approximate surface area is 314 Å². The Morgan fingerprint density at radius 3 is 2.43 bits per heavy atom. The molecular formula is C35H41ClN10O8. The van der Waals surface area contributed by atoms with Gasteiger partial charge < -0.3 is 40.9 Å². The molecule has 2 aromatic carbocycles. The Bertz CT molecular complexity index is 2030. The lowest BCUT2D eigenvalue weighted by Gasteiger charge is -2.38. The van der Waals surface area contributed by atoms with Crippen molar-refractivity contribution >= 4 is 75.0 Å². The van der Waals surface area contributed by atoms with Gasteiger partial charge in [0.15, 0.2) is 11.9 Å². The molecule has 3 aliphatic heterocycles. The average molecular weight is 765 g/mol. The number of ether oxygens (including phenoxy) is 1. The largest absolute Gasteiger partial charge is 0.478 e. The number of imide groups is 1. The summed E-state index contributed by atoms with van der Waals surface area (Å²) in [5.74, 6) is -0.617. The number of carbonyl (C=O) groups is 4. The molecule has 0 spiro atoms. The molecule has 3 aliphatic rings. The Morgan fingerprint density at radius 1 is 1.04 bits per heavy atom. The van der Waals surface area contributed by atoms with Crippen LogP contribution in [-0.2, 0) is 26.2 Å². The summed E-state index contributed by atoms with van der Waals surface area (Å²) in [7, 11) is 3.38. The summed E-state index contributed by atoms with van der Waals surface area (Å²) >= 11 is 6.45. The Kier molecular flexibility index (Phi) is 11.5. The van der Waals surface area contributed by atoms with Gasteiger partial charge in [0.05, 0.1) is 23.6 Å². The van der Waals surface area contributed by atoms with Crippen LogP contribution >= 0.6 is 11.6 Å². The van der Waals surface area contributed by atoms with Crippen molar-refractivity contribution in [2.24, 2.45) is 7.05 Å². The molecule has 19 heteroatoms. The van der Waals surface area contributed by atoms with Crippen LogP contribution in [0.3, 0.4) is 0 Å². The zero-order valence-corrected chi connectivity index (χ0v) is 30.3. The molecule has 18 nitrogen and oxygen atoms in total. The van der Waals surface area contributed by atoms with Crippen LogP contribution in [0.25, 0.3) is 10.9 Å². The first-order chi connectivity index (χ1) is 25.8. The summed E-state index contributed by atoms with van der Waals surface area (Å²) in [5, 5.41) is 46.9. The van der Waals surface area contributed by atoms with Gasteiger partial charge in [-0.2, -0.15) is 10.1 Å². The van der Waals surface area contributed by atoms with E-state index in [1.165, 1.54) is 31.4 Å². The van der Waals surface area contributed by atoms with Gasteiger partial charge in [0.1, 0.15) is 10.8 Å². The number of hydrogen-bond acceptors (Lipinski definition) is 14. The first kappa shape index (κ1) is 38.2. The van der Waals surface area contributed by atoms with Gasteiger partial charge >= 0.3 is 6.10 Å². The molecule has 1 atom stereocenters. The second-order valence-corrected chi connectivity index (χ2v) is 13.4. The number of anilines is 5. The number of piperidine rings is 2. The van der Waals surface area contributed by atoms with Gasteiger partial charge in [0, 0.05) is 81.7 Å². The maximum absolute atomic E-state index is 12.9. The van der Waals surface area contributed by atoms with E-state index in [-0.39, 0.29) is 53.1 Å². The number of halogens is 1. The van der Waals surface area contributed by atoms with Crippen LogP contribution < -0.4 is 35.8 Å². The first-order valence-electron chi connectivity index (χ1n) is 17.4. The van der Waals surface area contributed by atoms with Crippen LogP contribution in [0, 0.1) is 0 Å². The van der Waals surface area contributed by atoms with Gasteiger partial charge in [0.2, 0.25) is 23.7 Å². The van der Waals surface area contributed by atoms with Gasteiger partial charge in [-0.05, 0) is 49.6 Å². The number of aliphatic hydroxyl groups is 3. The minimum Gasteiger partial charge on any atom is -0.478 e. The Balaban J connectivity index is 0.000000552. The molecule has 0 bridgehead atoms. The number of aryl methyl sites for hydroxylation is 1. The van der Waals surface area contributed by atoms with Crippen LogP contribution in [-0.4, -0.2) is 97.1 Å². The van der Waals surface area contributed by atoms with Crippen LogP contribution in [0.1, 0.15) is 44.9 Å². The molecule has 0 saturated carbocycles. The van der Waals surface area contributed by atoms with Crippen molar-refractivity contribution in [3.63, 3.8) is 0 Å². The molecule has 0 aliphatic carbocycles. The van der Waals surface area contributed by atoms with E-state index in [4.69, 9.17) is 16.3 Å². The van der Waals surface area contributed by atoms with Crippen LogP contribution in [0.15, 0.2) is 48.8 Å². The summed E-state index contributed by atoms with van der Waals surface area (Å²) in [5.41, 5.74) is 2.49. The highest BCUT2D eigenvalue weighted by atomic mass is 35.5. The van der Waals surface area contributed by atoms with E-state index in [0.29, 0.717) is 41.6 Å². The van der Waals surface area contributed by atoms with E-state index in [1.807, 2.05) is 17.9 Å². The van der Waals surface area contributed by atoms with E-state index in [1.54, 1.807) is 0 Å². The van der Waals surface area contributed by atoms with Crippen molar-refractivity contribution in [2.45, 2.75) is 63.2 Å². The molecule has 2 saturated heterocycles. The minimum atomic E-state index is -3.49. The number of fused-ring (bicyclic) bond motifs is 2. The molecule has 1 unspecified atom stereocenters. The molecule has 286 valence electrons. The topological polar surface area (TPSA) is 236 Å². The van der Waals surface area contributed by atoms with Crippen molar-refractivity contribution in [2.75, 3.05) is 40.6 Å². The van der Waals surface area contributed by atoms with Crippen molar-refractivity contribution in [3.05, 3.63) is 53.8 Å². The van der Waals surface area contributed by atoms with Gasteiger partial charge in [-0.3, -0.25) is 29.2 Å². The minimum absolute atomic E-state index is 0.0585. The normalized spacial score (nSPS) is 17.6. The number of rotatable bonds is 9. The fourth-order valence-electron chi connectivity index (χ4n) is 6.33. The van der Waals surface area contributed by atoms with Crippen LogP contribution in [0.5, 0.6) is 5.75 Å². The standard InChI is InChI=1S/C30H34ClN9O6.C5H7NO2/c1-32-26(41)8-7-24-28(42)40(30(43,44)45)22-6-5-20(14-25(22)46-24)36-27-21(31)16-33-29(37-27)39-11-9-18(10-12-39)35-19-4-3-17-15-34-38(2)23(17)13-19;7-4-2-1-3-5(8)6-4/h3-6,13-16,18,24,35,43-45H,7-12H2,1-2H3,(H,32,41)(H,33,36,37);1-3H2,(H,6,7,8). The van der Waals surface area contributed by atoms with E-state index in [2.05, 4.69) is 59.4 Å². The monoisotopic (exact) mass is 764 g/mol. The maximum atomic E-state index is 12.9. The maximum Gasteiger partial charge on any atom is 0.376 e. The number of amides is 4. The highest BCUT2D eigenvalue weighted by Gasteiger charge is 2.45. The summed E-state index contributed by atoms with van der Waals surface area (Å²) < 4.78 is 7.70. The summed E-state index contributed by atoms with van der Waals surface area (Å²) in [6.07, 6.45) is 1.97. The zero-order valence-electron chi connectivity index (χ0n) is 29.6. The summed E-state index contributed by atoms with van der Waals surface area (Å²) in [6, 6.07) is 10.9. The Morgan fingerprint density at radius 2 is 1.76 bits per heavy atom. The number of aromatic nitrogens is 4. The predicted octanol–water partition coefficient (Wildman–Crippen LogP) is 1.86. The summed E-state index contributed by atoms with van der Waals surface area (Å²) in [6.45, 7) is 1.46. The van der Waals surface area contributed by atoms with Gasteiger partial charge in [-0.25, -0.2) is 9.88 Å². The van der Waals surface area contributed by atoms with Crippen molar-refractivity contribution in [3.8, 4) is 5.75 Å². The van der Waals surface area contributed by atoms with Crippen molar-refractivity contribution < 1.29 is 39.2 Å². The van der Waals surface area contributed by atoms with E-state index < -0.39 is 18.1 Å². The van der Waals surface area contributed by atoms with Crippen LogP contribution in [0.4, 0.5) is 28.8 Å².